The quantitative estimate of drug-likeness (QED) is 0.521. The van der Waals surface area contributed by atoms with Gasteiger partial charge in [0.1, 0.15) is 0 Å². The maximum Gasteiger partial charge on any atom is 0.0776 e. The highest BCUT2D eigenvalue weighted by molar-refractivity contribution is 6.88. The molecule has 0 aliphatic rings. The van der Waals surface area contributed by atoms with Crippen molar-refractivity contribution in [2.75, 3.05) is 0 Å². The zero-order valence-corrected chi connectivity index (χ0v) is 14.5. The predicted octanol–water partition coefficient (Wildman–Crippen LogP) is 4.78. The second kappa shape index (κ2) is 5.11. The molecule has 0 radical (unpaired) electrons. The molecule has 0 nitrogen and oxygen atoms in total. The summed E-state index contributed by atoms with van der Waals surface area (Å²) in [6, 6.07) is 13.2. The molecule has 1 heteroatoms. The smallest absolute Gasteiger partial charge is 0.0776 e. The third-order valence-corrected chi connectivity index (χ3v) is 5.32. The van der Waals surface area contributed by atoms with Gasteiger partial charge in [-0.2, -0.15) is 0 Å². The third kappa shape index (κ3) is 3.52. The molecule has 0 atom stereocenters. The lowest BCUT2D eigenvalue weighted by Crippen LogP contribution is -2.37. The standard InChI is InChI=1S/C19H24Si/c1-19(2,3)12-11-16-14-17(20(4,5)6)13-15-9-7-8-10-18(15)16/h7-10,13-14H,1-6H3. The number of fused-ring (bicyclic) bond motifs is 1. The summed E-state index contributed by atoms with van der Waals surface area (Å²) in [6.45, 7) is 13.6. The van der Waals surface area contributed by atoms with Gasteiger partial charge >= 0.3 is 0 Å². The Hall–Kier alpha value is -1.52. The van der Waals surface area contributed by atoms with Crippen molar-refractivity contribution in [3.8, 4) is 11.8 Å². The van der Waals surface area contributed by atoms with Crippen LogP contribution in [0.15, 0.2) is 36.4 Å². The molecule has 0 heterocycles. The van der Waals surface area contributed by atoms with Gasteiger partial charge in [0, 0.05) is 11.0 Å². The number of benzene rings is 2. The van der Waals surface area contributed by atoms with E-state index in [1.54, 1.807) is 0 Å². The molecule has 2 rings (SSSR count). The monoisotopic (exact) mass is 280 g/mol. The molecule has 0 aliphatic carbocycles. The Morgan fingerprint density at radius 1 is 0.950 bits per heavy atom. The van der Waals surface area contributed by atoms with Crippen LogP contribution in [-0.2, 0) is 0 Å². The van der Waals surface area contributed by atoms with Crippen molar-refractivity contribution >= 4 is 24.0 Å². The fraction of sp³-hybridized carbons (Fsp3) is 0.368. The van der Waals surface area contributed by atoms with Crippen LogP contribution in [0.2, 0.25) is 19.6 Å². The number of hydrogen-bond donors (Lipinski definition) is 0. The van der Waals surface area contributed by atoms with E-state index >= 15 is 0 Å². The fourth-order valence-electron chi connectivity index (χ4n) is 2.10. The third-order valence-electron chi connectivity index (χ3n) is 3.30. The van der Waals surface area contributed by atoms with Crippen LogP contribution in [0.1, 0.15) is 26.3 Å². The minimum atomic E-state index is -1.32. The van der Waals surface area contributed by atoms with Crippen LogP contribution < -0.4 is 5.19 Å². The summed E-state index contributed by atoms with van der Waals surface area (Å²) < 4.78 is 0. The van der Waals surface area contributed by atoms with Crippen LogP contribution in [0, 0.1) is 17.3 Å². The van der Waals surface area contributed by atoms with E-state index in [4.69, 9.17) is 0 Å². The minimum absolute atomic E-state index is 0.0380. The Morgan fingerprint density at radius 3 is 2.20 bits per heavy atom. The van der Waals surface area contributed by atoms with Gasteiger partial charge in [-0.15, -0.1) is 0 Å². The van der Waals surface area contributed by atoms with Gasteiger partial charge in [0.2, 0.25) is 0 Å². The van der Waals surface area contributed by atoms with Gasteiger partial charge in [-0.3, -0.25) is 0 Å². The van der Waals surface area contributed by atoms with E-state index in [0.29, 0.717) is 0 Å². The molecule has 2 aromatic carbocycles. The minimum Gasteiger partial charge on any atom is -0.0919 e. The van der Waals surface area contributed by atoms with E-state index in [9.17, 15) is 0 Å². The number of rotatable bonds is 1. The summed E-state index contributed by atoms with van der Waals surface area (Å²) in [6.07, 6.45) is 0. The largest absolute Gasteiger partial charge is 0.0919 e. The van der Waals surface area contributed by atoms with E-state index in [0.717, 1.165) is 0 Å². The van der Waals surface area contributed by atoms with Crippen molar-refractivity contribution in [2.45, 2.75) is 40.4 Å². The predicted molar refractivity (Wildman–Crippen MR) is 93.3 cm³/mol. The first-order chi connectivity index (χ1) is 9.17. The van der Waals surface area contributed by atoms with Crippen LogP contribution in [0.3, 0.4) is 0 Å². The van der Waals surface area contributed by atoms with Gasteiger partial charge in [-0.25, -0.2) is 0 Å². The molecule has 0 N–H and O–H groups in total. The molecule has 0 amide bonds. The van der Waals surface area contributed by atoms with Crippen molar-refractivity contribution in [1.82, 2.24) is 0 Å². The highest BCUT2D eigenvalue weighted by Crippen LogP contribution is 2.20. The van der Waals surface area contributed by atoms with E-state index in [1.165, 1.54) is 21.5 Å². The van der Waals surface area contributed by atoms with Gasteiger partial charge in [0.25, 0.3) is 0 Å². The average Bonchev–Trinajstić information content (AvgIpc) is 2.33. The van der Waals surface area contributed by atoms with Crippen LogP contribution in [-0.4, -0.2) is 8.07 Å². The molecule has 0 fully saturated rings. The van der Waals surface area contributed by atoms with Gasteiger partial charge in [-0.1, -0.05) is 67.0 Å². The van der Waals surface area contributed by atoms with Gasteiger partial charge in [0.05, 0.1) is 8.07 Å². The van der Waals surface area contributed by atoms with Crippen LogP contribution in [0.5, 0.6) is 0 Å². The number of hydrogen-bond acceptors (Lipinski definition) is 0. The SMILES string of the molecule is CC(C)(C)C#Cc1cc([Si](C)(C)C)cc2ccccc12. The Bertz CT molecular complexity index is 685. The van der Waals surface area contributed by atoms with Gasteiger partial charge in [0.15, 0.2) is 0 Å². The molecule has 0 spiro atoms. The summed E-state index contributed by atoms with van der Waals surface area (Å²) in [5.74, 6) is 6.79. The lowest BCUT2D eigenvalue weighted by Gasteiger charge is -2.18. The molecule has 104 valence electrons. The molecule has 0 unspecified atom stereocenters. The van der Waals surface area contributed by atoms with E-state index in [2.05, 4.69) is 88.7 Å². The molecule has 0 aromatic heterocycles. The maximum absolute atomic E-state index is 3.41. The Balaban J connectivity index is 2.70. The first-order valence-corrected chi connectivity index (χ1v) is 10.7. The van der Waals surface area contributed by atoms with E-state index < -0.39 is 8.07 Å². The van der Waals surface area contributed by atoms with E-state index in [-0.39, 0.29) is 5.41 Å². The zero-order valence-electron chi connectivity index (χ0n) is 13.5. The molecular weight excluding hydrogens is 256 g/mol. The zero-order chi connectivity index (χ0) is 15.0. The summed E-state index contributed by atoms with van der Waals surface area (Å²) in [4.78, 5) is 0. The van der Waals surface area contributed by atoms with Crippen molar-refractivity contribution in [2.24, 2.45) is 5.41 Å². The summed E-state index contributed by atoms with van der Waals surface area (Å²) in [7, 11) is -1.32. The fourth-order valence-corrected chi connectivity index (χ4v) is 3.27. The van der Waals surface area contributed by atoms with Gasteiger partial charge in [-0.05, 0) is 37.6 Å². The van der Waals surface area contributed by atoms with Crippen LogP contribution >= 0.6 is 0 Å². The molecular formula is C19H24Si. The van der Waals surface area contributed by atoms with Gasteiger partial charge < -0.3 is 0 Å². The Kier molecular flexibility index (Phi) is 3.80. The molecule has 2 aromatic rings. The Morgan fingerprint density at radius 2 is 1.60 bits per heavy atom. The molecule has 0 saturated carbocycles. The topological polar surface area (TPSA) is 0 Å². The molecule has 0 saturated heterocycles. The lowest BCUT2D eigenvalue weighted by molar-refractivity contribution is 0.571. The Labute approximate surface area is 124 Å². The lowest BCUT2D eigenvalue weighted by atomic mass is 9.96. The van der Waals surface area contributed by atoms with Crippen molar-refractivity contribution in [3.05, 3.63) is 42.0 Å². The first-order valence-electron chi connectivity index (χ1n) is 7.23. The normalized spacial score (nSPS) is 12.1. The molecule has 0 aliphatic heterocycles. The highest BCUT2D eigenvalue weighted by atomic mass is 28.3. The van der Waals surface area contributed by atoms with E-state index in [1.807, 2.05) is 0 Å². The van der Waals surface area contributed by atoms with Crippen molar-refractivity contribution in [3.63, 3.8) is 0 Å². The second-order valence-corrected chi connectivity index (χ2v) is 12.6. The van der Waals surface area contributed by atoms with Crippen LogP contribution in [0.25, 0.3) is 10.8 Å². The molecule has 0 bridgehead atoms. The van der Waals surface area contributed by atoms with Crippen LogP contribution in [0.4, 0.5) is 0 Å². The second-order valence-electron chi connectivity index (χ2n) is 7.49. The first kappa shape index (κ1) is 14.9. The van der Waals surface area contributed by atoms with Crippen molar-refractivity contribution < 1.29 is 0 Å². The summed E-state index contributed by atoms with van der Waals surface area (Å²) in [5, 5.41) is 4.06. The summed E-state index contributed by atoms with van der Waals surface area (Å²) >= 11 is 0. The highest BCUT2D eigenvalue weighted by Gasteiger charge is 2.18. The average molecular weight is 280 g/mol. The summed E-state index contributed by atoms with van der Waals surface area (Å²) in [5.41, 5.74) is 1.21. The maximum atomic E-state index is 3.41. The van der Waals surface area contributed by atoms with Crippen molar-refractivity contribution in [1.29, 1.82) is 0 Å². The molecule has 20 heavy (non-hydrogen) atoms.